The zero-order valence-electron chi connectivity index (χ0n) is 15.7. The third kappa shape index (κ3) is 5.20. The molecule has 3 rings (SSSR count). The molecular weight excluding hydrogens is 336 g/mol. The molecule has 3 aromatic carbocycles. The van der Waals surface area contributed by atoms with Crippen molar-refractivity contribution in [2.24, 2.45) is 0 Å². The largest absolute Gasteiger partial charge is 0.493 e. The molecule has 0 unspecified atom stereocenters. The zero-order valence-corrected chi connectivity index (χ0v) is 15.7. The van der Waals surface area contributed by atoms with Gasteiger partial charge in [-0.15, -0.1) is 0 Å². The van der Waals surface area contributed by atoms with Gasteiger partial charge in [-0.3, -0.25) is 0 Å². The highest BCUT2D eigenvalue weighted by Gasteiger charge is 2.13. The molecule has 3 heteroatoms. The molecule has 0 N–H and O–H groups in total. The van der Waals surface area contributed by atoms with Crippen molar-refractivity contribution in [2.75, 3.05) is 6.61 Å². The lowest BCUT2D eigenvalue weighted by molar-refractivity contribution is 0.0733. The van der Waals surface area contributed by atoms with Crippen molar-refractivity contribution in [3.8, 4) is 11.5 Å². The van der Waals surface area contributed by atoms with Crippen LogP contribution in [0.15, 0.2) is 78.9 Å². The number of hydrogen-bond acceptors (Lipinski definition) is 3. The minimum Gasteiger partial charge on any atom is -0.493 e. The van der Waals surface area contributed by atoms with Crippen molar-refractivity contribution >= 4 is 5.97 Å². The Hall–Kier alpha value is -3.07. The normalized spacial score (nSPS) is 10.6. The number of rotatable bonds is 7. The molecule has 3 aromatic rings. The van der Waals surface area contributed by atoms with Gasteiger partial charge < -0.3 is 9.47 Å². The topological polar surface area (TPSA) is 35.5 Å². The lowest BCUT2D eigenvalue weighted by atomic mass is 10.0. The van der Waals surface area contributed by atoms with Crippen LogP contribution < -0.4 is 9.47 Å². The van der Waals surface area contributed by atoms with Crippen molar-refractivity contribution in [1.29, 1.82) is 0 Å². The Kier molecular flexibility index (Phi) is 6.26. The van der Waals surface area contributed by atoms with Crippen LogP contribution in [0.5, 0.6) is 11.5 Å². The zero-order chi connectivity index (χ0) is 19.1. The van der Waals surface area contributed by atoms with Crippen molar-refractivity contribution in [1.82, 2.24) is 0 Å². The van der Waals surface area contributed by atoms with Gasteiger partial charge >= 0.3 is 5.97 Å². The highest BCUT2D eigenvalue weighted by molar-refractivity contribution is 5.91. The summed E-state index contributed by atoms with van der Waals surface area (Å²) < 4.78 is 11.4. The van der Waals surface area contributed by atoms with Crippen molar-refractivity contribution < 1.29 is 14.3 Å². The van der Waals surface area contributed by atoms with Crippen LogP contribution in [0.2, 0.25) is 0 Å². The maximum Gasteiger partial charge on any atom is 0.343 e. The van der Waals surface area contributed by atoms with Gasteiger partial charge in [-0.05, 0) is 47.4 Å². The molecule has 0 aliphatic heterocycles. The Morgan fingerprint density at radius 1 is 0.852 bits per heavy atom. The van der Waals surface area contributed by atoms with E-state index in [1.807, 2.05) is 42.5 Å². The number of carbonyl (C=O) groups excluding carboxylic acids is 1. The van der Waals surface area contributed by atoms with Gasteiger partial charge in [0, 0.05) is 6.42 Å². The Balaban J connectivity index is 1.57. The summed E-state index contributed by atoms with van der Waals surface area (Å²) in [5.74, 6) is 1.28. The Morgan fingerprint density at radius 3 is 2.22 bits per heavy atom. The highest BCUT2D eigenvalue weighted by Crippen LogP contribution is 2.26. The smallest absolute Gasteiger partial charge is 0.343 e. The SMILES string of the molecule is CC(C)c1ccccc1OC(=O)c1ccc(OCCc2ccccc2)cc1. The molecular formula is C24H24O3. The number of para-hydroxylation sites is 1. The van der Waals surface area contributed by atoms with Gasteiger partial charge in [0.2, 0.25) is 0 Å². The summed E-state index contributed by atoms with van der Waals surface area (Å²) in [6.07, 6.45) is 0.844. The molecule has 138 valence electrons. The third-order valence-corrected chi connectivity index (χ3v) is 4.34. The number of hydrogen-bond donors (Lipinski definition) is 0. The van der Waals surface area contributed by atoms with E-state index < -0.39 is 0 Å². The highest BCUT2D eigenvalue weighted by atomic mass is 16.5. The van der Waals surface area contributed by atoms with E-state index in [-0.39, 0.29) is 11.9 Å². The fraction of sp³-hybridized carbons (Fsp3) is 0.208. The van der Waals surface area contributed by atoms with E-state index >= 15 is 0 Å². The summed E-state index contributed by atoms with van der Waals surface area (Å²) in [6, 6.07) is 24.9. The van der Waals surface area contributed by atoms with E-state index in [1.54, 1.807) is 24.3 Å². The minimum atomic E-state index is -0.362. The van der Waals surface area contributed by atoms with E-state index in [0.29, 0.717) is 17.9 Å². The van der Waals surface area contributed by atoms with Crippen LogP contribution in [-0.2, 0) is 6.42 Å². The molecule has 0 heterocycles. The Morgan fingerprint density at radius 2 is 1.52 bits per heavy atom. The van der Waals surface area contributed by atoms with E-state index in [1.165, 1.54) is 5.56 Å². The second-order valence-corrected chi connectivity index (χ2v) is 6.69. The first-order chi connectivity index (χ1) is 13.1. The monoisotopic (exact) mass is 360 g/mol. The van der Waals surface area contributed by atoms with Gasteiger partial charge in [0.05, 0.1) is 12.2 Å². The molecule has 0 bridgehead atoms. The number of ether oxygens (including phenoxy) is 2. The van der Waals surface area contributed by atoms with E-state index in [4.69, 9.17) is 9.47 Å². The van der Waals surface area contributed by atoms with E-state index in [0.717, 1.165) is 17.7 Å². The van der Waals surface area contributed by atoms with Gasteiger partial charge in [-0.1, -0.05) is 62.4 Å². The third-order valence-electron chi connectivity index (χ3n) is 4.34. The second-order valence-electron chi connectivity index (χ2n) is 6.69. The summed E-state index contributed by atoms with van der Waals surface area (Å²) in [7, 11) is 0. The molecule has 0 saturated carbocycles. The number of carbonyl (C=O) groups is 1. The quantitative estimate of drug-likeness (QED) is 0.403. The van der Waals surface area contributed by atoms with Crippen LogP contribution in [0.1, 0.15) is 41.3 Å². The van der Waals surface area contributed by atoms with Crippen LogP contribution in [-0.4, -0.2) is 12.6 Å². The van der Waals surface area contributed by atoms with Gasteiger partial charge in [0.1, 0.15) is 11.5 Å². The summed E-state index contributed by atoms with van der Waals surface area (Å²) in [5, 5.41) is 0. The molecule has 0 spiro atoms. The molecule has 0 saturated heterocycles. The van der Waals surface area contributed by atoms with Crippen LogP contribution in [0.25, 0.3) is 0 Å². The van der Waals surface area contributed by atoms with Gasteiger partial charge in [0.25, 0.3) is 0 Å². The van der Waals surface area contributed by atoms with Crippen LogP contribution in [0.4, 0.5) is 0 Å². The second kappa shape index (κ2) is 9.04. The summed E-state index contributed by atoms with van der Waals surface area (Å²) >= 11 is 0. The molecule has 0 aliphatic carbocycles. The van der Waals surface area contributed by atoms with Gasteiger partial charge in [0.15, 0.2) is 0 Å². The Bertz CT molecular complexity index is 868. The van der Waals surface area contributed by atoms with Crippen molar-refractivity contribution in [3.63, 3.8) is 0 Å². The fourth-order valence-corrected chi connectivity index (χ4v) is 2.83. The molecule has 3 nitrogen and oxygen atoms in total. The molecule has 27 heavy (non-hydrogen) atoms. The van der Waals surface area contributed by atoms with Crippen molar-refractivity contribution in [3.05, 3.63) is 95.6 Å². The molecule has 0 amide bonds. The lowest BCUT2D eigenvalue weighted by Crippen LogP contribution is -2.10. The first-order valence-electron chi connectivity index (χ1n) is 9.21. The average molecular weight is 360 g/mol. The van der Waals surface area contributed by atoms with Crippen LogP contribution >= 0.6 is 0 Å². The summed E-state index contributed by atoms with van der Waals surface area (Å²) in [5.41, 5.74) is 2.76. The lowest BCUT2D eigenvalue weighted by Gasteiger charge is -2.12. The fourth-order valence-electron chi connectivity index (χ4n) is 2.83. The number of esters is 1. The standard InChI is InChI=1S/C24H24O3/c1-18(2)22-10-6-7-11-23(22)27-24(25)20-12-14-21(15-13-20)26-17-16-19-8-4-3-5-9-19/h3-15,18H,16-17H2,1-2H3. The number of benzene rings is 3. The van der Waals surface area contributed by atoms with Gasteiger partial charge in [-0.2, -0.15) is 0 Å². The first-order valence-corrected chi connectivity index (χ1v) is 9.21. The Labute approximate surface area is 160 Å². The van der Waals surface area contributed by atoms with Gasteiger partial charge in [-0.25, -0.2) is 4.79 Å². The van der Waals surface area contributed by atoms with E-state index in [2.05, 4.69) is 26.0 Å². The predicted octanol–water partition coefficient (Wildman–Crippen LogP) is 5.65. The molecule has 0 aliphatic rings. The predicted molar refractivity (Wildman–Crippen MR) is 108 cm³/mol. The molecule has 0 atom stereocenters. The summed E-state index contributed by atoms with van der Waals surface area (Å²) in [6.45, 7) is 4.75. The van der Waals surface area contributed by atoms with Crippen molar-refractivity contribution in [2.45, 2.75) is 26.2 Å². The first kappa shape index (κ1) is 18.7. The molecule has 0 fully saturated rings. The maximum atomic E-state index is 12.4. The van der Waals surface area contributed by atoms with Crippen LogP contribution in [0, 0.1) is 0 Å². The average Bonchev–Trinajstić information content (AvgIpc) is 2.69. The molecule has 0 aromatic heterocycles. The van der Waals surface area contributed by atoms with E-state index in [9.17, 15) is 4.79 Å². The van der Waals surface area contributed by atoms with Crippen LogP contribution in [0.3, 0.4) is 0 Å². The molecule has 0 radical (unpaired) electrons. The summed E-state index contributed by atoms with van der Waals surface area (Å²) in [4.78, 5) is 12.4. The maximum absolute atomic E-state index is 12.4. The minimum absolute atomic E-state index is 0.286.